The Kier molecular flexibility index (Phi) is 2.86. The highest BCUT2D eigenvalue weighted by Gasteiger charge is 2.46. The molecule has 0 aromatic rings. The van der Waals surface area contributed by atoms with Crippen molar-refractivity contribution in [1.29, 1.82) is 0 Å². The summed E-state index contributed by atoms with van der Waals surface area (Å²) in [5.74, 6) is -2.19. The monoisotopic (exact) mass is 250 g/mol. The summed E-state index contributed by atoms with van der Waals surface area (Å²) in [6.07, 6.45) is 0.163. The van der Waals surface area contributed by atoms with Gasteiger partial charge in [-0.1, -0.05) is 12.2 Å². The van der Waals surface area contributed by atoms with E-state index in [0.717, 1.165) is 6.42 Å². The van der Waals surface area contributed by atoms with E-state index in [0.29, 0.717) is 12.0 Å². The molecule has 0 saturated carbocycles. The van der Waals surface area contributed by atoms with Crippen LogP contribution >= 0.6 is 11.6 Å². The van der Waals surface area contributed by atoms with Gasteiger partial charge in [-0.25, -0.2) is 0 Å². The summed E-state index contributed by atoms with van der Waals surface area (Å²) in [6, 6.07) is 0. The molecule has 2 unspecified atom stereocenters. The molecule has 0 saturated heterocycles. The van der Waals surface area contributed by atoms with Crippen LogP contribution in [-0.2, 0) is 4.79 Å². The van der Waals surface area contributed by atoms with Gasteiger partial charge in [0.15, 0.2) is 0 Å². The molecule has 0 radical (unpaired) electrons. The number of alkyl halides is 4. The Morgan fingerprint density at radius 1 is 1.31 bits per heavy atom. The van der Waals surface area contributed by atoms with E-state index in [9.17, 15) is 18.0 Å². The maximum Gasteiger partial charge on any atom is 0.454 e. The van der Waals surface area contributed by atoms with Crippen molar-refractivity contribution in [2.24, 2.45) is 11.8 Å². The van der Waals surface area contributed by atoms with Crippen LogP contribution < -0.4 is 0 Å². The van der Waals surface area contributed by atoms with Crippen molar-refractivity contribution >= 4 is 17.4 Å². The van der Waals surface area contributed by atoms with Gasteiger partial charge in [-0.15, -0.1) is 11.6 Å². The molecule has 3 aliphatic carbocycles. The molecule has 1 nitrogen and oxygen atoms in total. The van der Waals surface area contributed by atoms with Gasteiger partial charge in [-0.2, -0.15) is 13.2 Å². The largest absolute Gasteiger partial charge is 0.454 e. The number of allylic oxidation sites excluding steroid dienone is 4. The summed E-state index contributed by atoms with van der Waals surface area (Å²) < 4.78 is 37.3. The molecule has 3 rings (SSSR count). The fraction of sp³-hybridized carbons (Fsp3) is 0.545. The predicted octanol–water partition coefficient (Wildman–Crippen LogP) is 3.25. The molecule has 0 amide bonds. The first kappa shape index (κ1) is 11.7. The maximum atomic E-state index is 12.4. The number of hydrogen-bond acceptors (Lipinski definition) is 1. The van der Waals surface area contributed by atoms with Crippen molar-refractivity contribution in [3.05, 3.63) is 23.3 Å². The third-order valence-electron chi connectivity index (χ3n) is 3.17. The van der Waals surface area contributed by atoms with Crippen LogP contribution in [0.5, 0.6) is 0 Å². The highest BCUT2D eigenvalue weighted by Crippen LogP contribution is 2.43. The molecule has 5 heteroatoms. The molecule has 2 bridgehead atoms. The van der Waals surface area contributed by atoms with Crippen molar-refractivity contribution in [1.82, 2.24) is 0 Å². The molecule has 2 atom stereocenters. The fourth-order valence-electron chi connectivity index (χ4n) is 2.43. The summed E-state index contributed by atoms with van der Waals surface area (Å²) in [7, 11) is 0. The SMILES string of the molecule is O=C(C1=C(CCl)C2C=CC1CC2)C(F)(F)F. The van der Waals surface area contributed by atoms with Crippen LogP contribution in [0.15, 0.2) is 23.3 Å². The average Bonchev–Trinajstić information content (AvgIpc) is 2.27. The number of carbonyl (C=O) groups excluding carboxylic acids is 1. The van der Waals surface area contributed by atoms with Gasteiger partial charge in [0.25, 0.3) is 5.78 Å². The molecule has 0 spiro atoms. The molecular formula is C11H10ClF3O. The summed E-state index contributed by atoms with van der Waals surface area (Å²) in [4.78, 5) is 11.3. The molecule has 0 aromatic heterocycles. The number of ketones is 1. The van der Waals surface area contributed by atoms with E-state index in [2.05, 4.69) is 0 Å². The average molecular weight is 251 g/mol. The normalized spacial score (nSPS) is 28.8. The quantitative estimate of drug-likeness (QED) is 0.543. The van der Waals surface area contributed by atoms with E-state index in [4.69, 9.17) is 11.6 Å². The van der Waals surface area contributed by atoms with E-state index in [1.165, 1.54) is 0 Å². The minimum Gasteiger partial charge on any atom is -0.284 e. The second-order valence-corrected chi connectivity index (χ2v) is 4.34. The van der Waals surface area contributed by atoms with E-state index in [-0.39, 0.29) is 17.4 Å². The van der Waals surface area contributed by atoms with Crippen molar-refractivity contribution in [2.75, 3.05) is 5.88 Å². The summed E-state index contributed by atoms with van der Waals surface area (Å²) in [6.45, 7) is 0. The van der Waals surface area contributed by atoms with Crippen LogP contribution in [0.25, 0.3) is 0 Å². The van der Waals surface area contributed by atoms with Crippen LogP contribution in [0.3, 0.4) is 0 Å². The van der Waals surface area contributed by atoms with Gasteiger partial charge in [0.05, 0.1) is 0 Å². The first-order valence-electron chi connectivity index (χ1n) is 5.04. The number of fused-ring (bicyclic) bond motifs is 1. The number of halogens is 4. The van der Waals surface area contributed by atoms with Gasteiger partial charge < -0.3 is 0 Å². The van der Waals surface area contributed by atoms with Crippen LogP contribution in [0.4, 0.5) is 13.2 Å². The number of rotatable bonds is 2. The van der Waals surface area contributed by atoms with E-state index in [1.807, 2.05) is 6.08 Å². The van der Waals surface area contributed by atoms with Crippen molar-refractivity contribution in [3.63, 3.8) is 0 Å². The van der Waals surface area contributed by atoms with E-state index < -0.39 is 17.9 Å². The lowest BCUT2D eigenvalue weighted by molar-refractivity contribution is -0.167. The van der Waals surface area contributed by atoms with Gasteiger partial charge in [-0.3, -0.25) is 4.79 Å². The minimum atomic E-state index is -4.79. The lowest BCUT2D eigenvalue weighted by Crippen LogP contribution is -2.34. The lowest BCUT2D eigenvalue weighted by Gasteiger charge is -2.34. The molecular weight excluding hydrogens is 241 g/mol. The Morgan fingerprint density at radius 3 is 2.31 bits per heavy atom. The van der Waals surface area contributed by atoms with E-state index in [1.54, 1.807) is 6.08 Å². The smallest absolute Gasteiger partial charge is 0.284 e. The third kappa shape index (κ3) is 1.79. The Balaban J connectivity index is 2.42. The topological polar surface area (TPSA) is 17.1 Å². The molecule has 0 aliphatic heterocycles. The molecule has 0 N–H and O–H groups in total. The molecule has 16 heavy (non-hydrogen) atoms. The van der Waals surface area contributed by atoms with Gasteiger partial charge in [0, 0.05) is 17.4 Å². The van der Waals surface area contributed by atoms with Crippen LogP contribution in [0, 0.1) is 11.8 Å². The van der Waals surface area contributed by atoms with E-state index >= 15 is 0 Å². The zero-order chi connectivity index (χ0) is 11.9. The Hall–Kier alpha value is -0.770. The van der Waals surface area contributed by atoms with Gasteiger partial charge in [0.2, 0.25) is 0 Å². The minimum absolute atomic E-state index is 0.00264. The first-order chi connectivity index (χ1) is 7.45. The Morgan fingerprint density at radius 2 is 1.88 bits per heavy atom. The highest BCUT2D eigenvalue weighted by molar-refractivity contribution is 6.20. The number of hydrogen-bond donors (Lipinski definition) is 0. The molecule has 0 aromatic carbocycles. The van der Waals surface area contributed by atoms with Crippen molar-refractivity contribution in [3.8, 4) is 0 Å². The van der Waals surface area contributed by atoms with Crippen molar-refractivity contribution in [2.45, 2.75) is 19.0 Å². The first-order valence-corrected chi connectivity index (χ1v) is 5.57. The summed E-state index contributed by atoms with van der Waals surface area (Å²) >= 11 is 5.65. The van der Waals surface area contributed by atoms with Crippen LogP contribution in [-0.4, -0.2) is 17.8 Å². The van der Waals surface area contributed by atoms with Crippen molar-refractivity contribution < 1.29 is 18.0 Å². The standard InChI is InChI=1S/C11H10ClF3O/c12-5-8-6-1-3-7(4-2-6)9(8)10(16)11(13,14)15/h1,3,6-7H,2,4-5H2. The predicted molar refractivity (Wildman–Crippen MR) is 54.2 cm³/mol. The zero-order valence-electron chi connectivity index (χ0n) is 8.35. The summed E-state index contributed by atoms with van der Waals surface area (Å²) in [5, 5.41) is 0. The zero-order valence-corrected chi connectivity index (χ0v) is 9.11. The summed E-state index contributed by atoms with van der Waals surface area (Å²) in [5.41, 5.74) is 0.351. The molecule has 3 aliphatic rings. The van der Waals surface area contributed by atoms with Gasteiger partial charge in [0.1, 0.15) is 0 Å². The van der Waals surface area contributed by atoms with Crippen LogP contribution in [0.2, 0.25) is 0 Å². The van der Waals surface area contributed by atoms with Gasteiger partial charge in [-0.05, 0) is 24.3 Å². The second kappa shape index (κ2) is 3.91. The second-order valence-electron chi connectivity index (χ2n) is 4.07. The molecule has 88 valence electrons. The number of carbonyl (C=O) groups is 1. The van der Waals surface area contributed by atoms with Gasteiger partial charge >= 0.3 is 6.18 Å². The molecule has 0 heterocycles. The van der Waals surface area contributed by atoms with Crippen LogP contribution in [0.1, 0.15) is 12.8 Å². The third-order valence-corrected chi connectivity index (χ3v) is 3.46. The highest BCUT2D eigenvalue weighted by atomic mass is 35.5. The molecule has 0 fully saturated rings. The maximum absolute atomic E-state index is 12.4. The Bertz CT molecular complexity index is 381. The fourth-order valence-corrected chi connectivity index (χ4v) is 2.77. The lowest BCUT2D eigenvalue weighted by atomic mass is 9.70. The Labute approximate surface area is 96.0 Å². The number of Topliss-reactive ketones (excluding diaryl/α,β-unsaturated/α-hetero) is 1.